The smallest absolute Gasteiger partial charge is 0.307 e. The molecule has 1 aliphatic carbocycles. The van der Waals surface area contributed by atoms with Crippen molar-refractivity contribution in [2.45, 2.75) is 57.7 Å². The van der Waals surface area contributed by atoms with Crippen LogP contribution in [-0.4, -0.2) is 37.1 Å². The number of halogens is 1. The van der Waals surface area contributed by atoms with Crippen molar-refractivity contribution in [1.82, 2.24) is 4.90 Å². The molecule has 1 saturated carbocycles. The van der Waals surface area contributed by atoms with Crippen molar-refractivity contribution in [3.63, 3.8) is 0 Å². The lowest BCUT2D eigenvalue weighted by atomic mass is 9.70. The summed E-state index contributed by atoms with van der Waals surface area (Å²) in [4.78, 5) is 13.5. The Morgan fingerprint density at radius 2 is 1.95 bits per heavy atom. The Kier molecular flexibility index (Phi) is 3.66. The first kappa shape index (κ1) is 14.8. The molecule has 1 aliphatic heterocycles. The Morgan fingerprint density at radius 1 is 1.32 bits per heavy atom. The highest BCUT2D eigenvalue weighted by Gasteiger charge is 2.44. The minimum absolute atomic E-state index is 0.0190. The van der Waals surface area contributed by atoms with E-state index >= 15 is 0 Å². The van der Waals surface area contributed by atoms with Crippen LogP contribution in [0, 0.1) is 11.3 Å². The minimum atomic E-state index is -4.61. The molecule has 0 bridgehead atoms. The molecule has 4 nitrogen and oxygen atoms in total. The van der Waals surface area contributed by atoms with E-state index in [1.165, 1.54) is 0 Å². The molecule has 1 saturated heterocycles. The number of hydrogen-bond donors (Lipinski definition) is 0. The van der Waals surface area contributed by atoms with Crippen LogP contribution in [0.4, 0.5) is 3.89 Å². The number of carbonyl (C=O) groups excluding carboxylic acids is 1. The normalized spacial score (nSPS) is 35.7. The molecule has 3 unspecified atom stereocenters. The fraction of sp³-hybridized carbons (Fsp3) is 0.923. The Balaban J connectivity index is 2.12. The fourth-order valence-corrected chi connectivity index (χ4v) is 4.45. The maximum absolute atomic E-state index is 13.0. The molecule has 2 aliphatic rings. The second-order valence-corrected chi connectivity index (χ2v) is 8.53. The first-order valence-electron chi connectivity index (χ1n) is 6.81. The molecule has 0 spiro atoms. The van der Waals surface area contributed by atoms with Gasteiger partial charge in [-0.3, -0.25) is 4.79 Å². The van der Waals surface area contributed by atoms with E-state index in [2.05, 4.69) is 20.8 Å². The maximum Gasteiger partial charge on any atom is 0.307 e. The van der Waals surface area contributed by atoms with Gasteiger partial charge in [0.05, 0.1) is 0 Å². The first-order chi connectivity index (χ1) is 8.58. The first-order valence-corrected chi connectivity index (χ1v) is 8.26. The third kappa shape index (κ3) is 3.27. The lowest BCUT2D eigenvalue weighted by Crippen LogP contribution is -2.44. The zero-order valence-electron chi connectivity index (χ0n) is 11.7. The summed E-state index contributed by atoms with van der Waals surface area (Å²) < 4.78 is 34.9. The molecular formula is C13H22FNO3S. The molecule has 0 aromatic carbocycles. The van der Waals surface area contributed by atoms with Crippen LogP contribution in [0.3, 0.4) is 0 Å². The van der Waals surface area contributed by atoms with Gasteiger partial charge in [0.2, 0.25) is 5.91 Å². The van der Waals surface area contributed by atoms with Crippen LogP contribution in [-0.2, 0) is 15.0 Å². The average molecular weight is 291 g/mol. The fourth-order valence-electron chi connectivity index (χ4n) is 3.77. The molecule has 0 radical (unpaired) electrons. The third-order valence-corrected chi connectivity index (χ3v) is 5.44. The summed E-state index contributed by atoms with van der Waals surface area (Å²) in [5, 5.41) is -1.17. The Bertz CT molecular complexity index is 474. The molecule has 1 heterocycles. The van der Waals surface area contributed by atoms with Crippen LogP contribution >= 0.6 is 0 Å². The Morgan fingerprint density at radius 3 is 2.42 bits per heavy atom. The number of amides is 1. The van der Waals surface area contributed by atoms with Gasteiger partial charge in [0, 0.05) is 19.0 Å². The van der Waals surface area contributed by atoms with Crippen molar-refractivity contribution in [1.29, 1.82) is 0 Å². The quantitative estimate of drug-likeness (QED) is 0.732. The maximum atomic E-state index is 13.0. The lowest BCUT2D eigenvalue weighted by molar-refractivity contribution is -0.131. The van der Waals surface area contributed by atoms with Crippen LogP contribution in [0.1, 0.15) is 46.5 Å². The summed E-state index contributed by atoms with van der Waals surface area (Å²) in [6.45, 7) is 6.50. The van der Waals surface area contributed by atoms with Crippen LogP contribution in [0.25, 0.3) is 0 Å². The van der Waals surface area contributed by atoms with Gasteiger partial charge >= 0.3 is 10.2 Å². The zero-order chi connectivity index (χ0) is 14.4. The highest BCUT2D eigenvalue weighted by Crippen LogP contribution is 2.41. The molecule has 6 heteroatoms. The van der Waals surface area contributed by atoms with E-state index in [1.807, 2.05) is 0 Å². The number of rotatable bonds is 2. The van der Waals surface area contributed by atoms with E-state index in [4.69, 9.17) is 0 Å². The van der Waals surface area contributed by atoms with E-state index in [1.54, 1.807) is 4.90 Å². The van der Waals surface area contributed by atoms with Gasteiger partial charge in [0.1, 0.15) is 5.25 Å². The summed E-state index contributed by atoms with van der Waals surface area (Å²) in [5.41, 5.74) is 0.148. The summed E-state index contributed by atoms with van der Waals surface area (Å²) in [7, 11) is -4.61. The summed E-state index contributed by atoms with van der Waals surface area (Å²) in [6.07, 6.45) is 2.65. The molecule has 0 aromatic heterocycles. The van der Waals surface area contributed by atoms with Crippen LogP contribution in [0.15, 0.2) is 0 Å². The van der Waals surface area contributed by atoms with Crippen molar-refractivity contribution >= 4 is 16.1 Å². The summed E-state index contributed by atoms with van der Waals surface area (Å²) in [6, 6.07) is 0.0537. The van der Waals surface area contributed by atoms with E-state index < -0.39 is 15.5 Å². The Labute approximate surface area is 114 Å². The summed E-state index contributed by atoms with van der Waals surface area (Å²) in [5.74, 6) is 0.281. The number of carbonyl (C=O) groups is 1. The number of nitrogens with zero attached hydrogens (tertiary/aromatic N) is 1. The SMILES string of the molecule is CC1CC(N2CC(S(=O)(=O)F)CC2=O)CC(C)(C)C1. The van der Waals surface area contributed by atoms with Crippen molar-refractivity contribution in [2.75, 3.05) is 6.54 Å². The Hall–Kier alpha value is -0.650. The predicted molar refractivity (Wildman–Crippen MR) is 70.7 cm³/mol. The van der Waals surface area contributed by atoms with E-state index in [-0.39, 0.29) is 30.3 Å². The van der Waals surface area contributed by atoms with Gasteiger partial charge in [-0.1, -0.05) is 20.8 Å². The van der Waals surface area contributed by atoms with Gasteiger partial charge in [-0.2, -0.15) is 8.42 Å². The predicted octanol–water partition coefficient (Wildman–Crippen LogP) is 2.10. The van der Waals surface area contributed by atoms with Crippen LogP contribution in [0.5, 0.6) is 0 Å². The van der Waals surface area contributed by atoms with E-state index in [9.17, 15) is 17.1 Å². The number of hydrogen-bond acceptors (Lipinski definition) is 3. The minimum Gasteiger partial charge on any atom is -0.338 e. The lowest BCUT2D eigenvalue weighted by Gasteiger charge is -2.42. The van der Waals surface area contributed by atoms with Crippen molar-refractivity contribution in [3.8, 4) is 0 Å². The molecule has 2 fully saturated rings. The molecule has 1 amide bonds. The third-order valence-electron chi connectivity index (χ3n) is 4.33. The number of likely N-dealkylation sites (tertiary alicyclic amines) is 1. The van der Waals surface area contributed by atoms with Gasteiger partial charge in [-0.05, 0) is 30.6 Å². The van der Waals surface area contributed by atoms with Gasteiger partial charge in [0.25, 0.3) is 0 Å². The van der Waals surface area contributed by atoms with Gasteiger partial charge < -0.3 is 4.90 Å². The van der Waals surface area contributed by atoms with Crippen molar-refractivity contribution in [3.05, 3.63) is 0 Å². The van der Waals surface area contributed by atoms with E-state index in [0.717, 1.165) is 19.3 Å². The van der Waals surface area contributed by atoms with Gasteiger partial charge in [-0.15, -0.1) is 3.89 Å². The molecule has 110 valence electrons. The summed E-state index contributed by atoms with van der Waals surface area (Å²) >= 11 is 0. The molecule has 19 heavy (non-hydrogen) atoms. The van der Waals surface area contributed by atoms with Crippen LogP contribution < -0.4 is 0 Å². The highest BCUT2D eigenvalue weighted by atomic mass is 32.3. The van der Waals surface area contributed by atoms with Crippen molar-refractivity contribution in [2.24, 2.45) is 11.3 Å². The monoisotopic (exact) mass is 291 g/mol. The van der Waals surface area contributed by atoms with Crippen molar-refractivity contribution < 1.29 is 17.1 Å². The zero-order valence-corrected chi connectivity index (χ0v) is 12.5. The average Bonchev–Trinajstić information content (AvgIpc) is 2.56. The molecular weight excluding hydrogens is 269 g/mol. The molecule has 3 atom stereocenters. The molecule has 2 rings (SSSR count). The largest absolute Gasteiger partial charge is 0.338 e. The van der Waals surface area contributed by atoms with Gasteiger partial charge in [0.15, 0.2) is 0 Å². The molecule has 0 N–H and O–H groups in total. The second kappa shape index (κ2) is 4.72. The van der Waals surface area contributed by atoms with Crippen LogP contribution in [0.2, 0.25) is 0 Å². The van der Waals surface area contributed by atoms with Gasteiger partial charge in [-0.25, -0.2) is 0 Å². The van der Waals surface area contributed by atoms with E-state index in [0.29, 0.717) is 5.92 Å². The highest BCUT2D eigenvalue weighted by molar-refractivity contribution is 7.87. The molecule has 0 aromatic rings. The topological polar surface area (TPSA) is 54.5 Å². The standard InChI is InChI=1S/C13H22FNO3S/c1-9-4-10(7-13(2,3)6-9)15-8-11(5-12(15)16)19(14,17)18/h9-11H,4-8H2,1-3H3. The second-order valence-electron chi connectivity index (χ2n) is 6.91.